The van der Waals surface area contributed by atoms with Crippen LogP contribution < -0.4 is 4.57 Å². The summed E-state index contributed by atoms with van der Waals surface area (Å²) in [6, 6.07) is 0. The number of nitrogens with zero attached hydrogens (tertiary/aromatic N) is 6. The molecule has 2 heterocycles. The van der Waals surface area contributed by atoms with Gasteiger partial charge in [0, 0.05) is 37.6 Å². The second-order valence-electron chi connectivity index (χ2n) is 8.78. The van der Waals surface area contributed by atoms with Gasteiger partial charge in [-0.15, -0.1) is 0 Å². The van der Waals surface area contributed by atoms with E-state index in [-0.39, 0.29) is 11.8 Å². The maximum absolute atomic E-state index is 12.8. The average Bonchev–Trinajstić information content (AvgIpc) is 3.32. The first-order valence-electron chi connectivity index (χ1n) is 11.1. The number of allylic oxidation sites excluding steroid dienone is 10. The van der Waals surface area contributed by atoms with Gasteiger partial charge in [0.15, 0.2) is 5.82 Å². The highest BCUT2D eigenvalue weighted by molar-refractivity contribution is 6.38. The standard InChI is InChI=1S/C26H26Cl2N6O2/c1-15-11-17(19(27)13-21(15)29-23(35)25-31(3)7-8-32(25)4)18-12-16(2)22(14-20(18)28)30-24(36)26-33(5)9-10-34(26)6/h7-14H,1-6H3/p+1/b18-17-,29-21+,30-22?. The van der Waals surface area contributed by atoms with Crippen molar-refractivity contribution in [2.75, 3.05) is 14.1 Å². The van der Waals surface area contributed by atoms with Crippen LogP contribution in [0.5, 0.6) is 0 Å². The fourth-order valence-electron chi connectivity index (χ4n) is 4.12. The number of aromatic nitrogens is 2. The number of amides is 1. The van der Waals surface area contributed by atoms with E-state index < -0.39 is 0 Å². The maximum atomic E-state index is 12.8. The van der Waals surface area contributed by atoms with Crippen LogP contribution >= 0.6 is 23.2 Å². The number of halogens is 2. The zero-order valence-corrected chi connectivity index (χ0v) is 22.4. The number of aliphatic hydroxyl groups excluding tert-OH is 1. The first kappa shape index (κ1) is 25.5. The molecule has 1 aromatic heterocycles. The van der Waals surface area contributed by atoms with Gasteiger partial charge in [-0.2, -0.15) is 0 Å². The summed E-state index contributed by atoms with van der Waals surface area (Å²) in [6.45, 7) is 3.76. The van der Waals surface area contributed by atoms with Gasteiger partial charge in [-0.25, -0.2) is 19.1 Å². The van der Waals surface area contributed by atoms with E-state index in [0.717, 1.165) is 16.7 Å². The van der Waals surface area contributed by atoms with Crippen LogP contribution in [0.1, 0.15) is 24.5 Å². The molecule has 0 saturated carbocycles. The molecular weight excluding hydrogens is 499 g/mol. The zero-order chi connectivity index (χ0) is 26.3. The Morgan fingerprint density at radius 1 is 0.889 bits per heavy atom. The molecule has 1 amide bonds. The van der Waals surface area contributed by atoms with E-state index in [4.69, 9.17) is 23.2 Å². The van der Waals surface area contributed by atoms with E-state index in [9.17, 15) is 9.90 Å². The van der Waals surface area contributed by atoms with E-state index in [2.05, 4.69) is 9.98 Å². The van der Waals surface area contributed by atoms with Crippen molar-refractivity contribution in [2.45, 2.75) is 13.8 Å². The summed E-state index contributed by atoms with van der Waals surface area (Å²) in [7, 11) is 7.25. The van der Waals surface area contributed by atoms with Gasteiger partial charge in [0.05, 0.1) is 35.6 Å². The molecule has 0 atom stereocenters. The van der Waals surface area contributed by atoms with E-state index in [1.807, 2.05) is 52.5 Å². The lowest BCUT2D eigenvalue weighted by Gasteiger charge is -2.20. The quantitative estimate of drug-likeness (QED) is 0.459. The smallest absolute Gasteiger partial charge is 0.360 e. The summed E-state index contributed by atoms with van der Waals surface area (Å²) >= 11 is 13.3. The predicted molar refractivity (Wildman–Crippen MR) is 143 cm³/mol. The first-order chi connectivity index (χ1) is 17.0. The van der Waals surface area contributed by atoms with Crippen LogP contribution in [0.4, 0.5) is 0 Å². The number of aryl methyl sites for hydroxylation is 2. The van der Waals surface area contributed by atoms with Gasteiger partial charge < -0.3 is 14.9 Å². The van der Waals surface area contributed by atoms with E-state index in [1.54, 1.807) is 57.6 Å². The lowest BCUT2D eigenvalue weighted by molar-refractivity contribution is -0.672. The molecule has 2 aliphatic carbocycles. The molecule has 0 bridgehead atoms. The minimum atomic E-state index is -0.362. The van der Waals surface area contributed by atoms with Crippen molar-refractivity contribution in [3.63, 3.8) is 0 Å². The summed E-state index contributed by atoms with van der Waals surface area (Å²) in [4.78, 5) is 25.0. The molecule has 0 radical (unpaired) electrons. The molecule has 1 aromatic rings. The number of imidazole rings is 1. The Balaban J connectivity index is 1.68. The molecule has 1 N–H and O–H groups in total. The van der Waals surface area contributed by atoms with Gasteiger partial charge in [-0.05, 0) is 49.3 Å². The van der Waals surface area contributed by atoms with Gasteiger partial charge in [0.2, 0.25) is 0 Å². The molecule has 0 aromatic carbocycles. The zero-order valence-electron chi connectivity index (χ0n) is 20.9. The maximum Gasteiger partial charge on any atom is 0.360 e. The summed E-state index contributed by atoms with van der Waals surface area (Å²) in [5.41, 5.74) is 4.06. The number of carbonyl (C=O) groups is 1. The topological polar surface area (TPSA) is 77.3 Å². The van der Waals surface area contributed by atoms with Crippen LogP contribution in [0.2, 0.25) is 0 Å². The number of hydrogen-bond acceptors (Lipinski definition) is 5. The SMILES string of the molecule is CC1=C/C(=C2C=C(C)/C(=N/C(O)=C3N(C)C=CN3C)C=C\2Cl)C(Cl)=CC1=NC(=O)c1n(C)cc[n+]1C. The summed E-state index contributed by atoms with van der Waals surface area (Å²) in [5, 5.41) is 11.5. The number of rotatable bonds is 2. The summed E-state index contributed by atoms with van der Waals surface area (Å²) in [5.74, 6) is 0.537. The largest absolute Gasteiger partial charge is 0.491 e. The molecule has 36 heavy (non-hydrogen) atoms. The van der Waals surface area contributed by atoms with Gasteiger partial charge in [-0.3, -0.25) is 4.79 Å². The Morgan fingerprint density at radius 3 is 1.86 bits per heavy atom. The van der Waals surface area contributed by atoms with Crippen molar-refractivity contribution in [1.82, 2.24) is 14.4 Å². The van der Waals surface area contributed by atoms with Crippen molar-refractivity contribution >= 4 is 40.5 Å². The molecule has 0 unspecified atom stereocenters. The highest BCUT2D eigenvalue weighted by atomic mass is 35.5. The van der Waals surface area contributed by atoms with Crippen LogP contribution in [0.25, 0.3) is 0 Å². The number of aliphatic hydroxyl groups is 1. The summed E-state index contributed by atoms with van der Waals surface area (Å²) in [6.07, 6.45) is 14.4. The molecule has 186 valence electrons. The summed E-state index contributed by atoms with van der Waals surface area (Å²) < 4.78 is 3.44. The molecule has 1 aliphatic heterocycles. The third kappa shape index (κ3) is 4.74. The van der Waals surface area contributed by atoms with Gasteiger partial charge in [0.25, 0.3) is 5.88 Å². The third-order valence-corrected chi connectivity index (χ3v) is 6.69. The minimum absolute atomic E-state index is 0.118. The molecule has 0 spiro atoms. The van der Waals surface area contributed by atoms with Gasteiger partial charge >= 0.3 is 11.7 Å². The van der Waals surface area contributed by atoms with Crippen molar-refractivity contribution in [3.05, 3.63) is 99.0 Å². The molecule has 4 rings (SSSR count). The average molecular weight is 526 g/mol. The normalized spacial score (nSPS) is 22.3. The van der Waals surface area contributed by atoms with Crippen molar-refractivity contribution in [2.24, 2.45) is 24.1 Å². The minimum Gasteiger partial charge on any atom is -0.491 e. The number of hydrogen-bond donors (Lipinski definition) is 1. The van der Waals surface area contributed by atoms with Crippen LogP contribution in [0.15, 0.2) is 103 Å². The first-order valence-corrected chi connectivity index (χ1v) is 11.9. The Morgan fingerprint density at radius 2 is 1.39 bits per heavy atom. The molecule has 3 aliphatic rings. The second-order valence-corrected chi connectivity index (χ2v) is 9.59. The van der Waals surface area contributed by atoms with Crippen molar-refractivity contribution in [3.8, 4) is 0 Å². The molecule has 0 saturated heterocycles. The van der Waals surface area contributed by atoms with Crippen LogP contribution in [-0.2, 0) is 14.1 Å². The predicted octanol–water partition coefficient (Wildman–Crippen LogP) is 4.37. The monoisotopic (exact) mass is 525 g/mol. The van der Waals surface area contributed by atoms with E-state index in [1.165, 1.54) is 0 Å². The van der Waals surface area contributed by atoms with Crippen LogP contribution in [0.3, 0.4) is 0 Å². The number of carbonyl (C=O) groups excluding carboxylic acids is 1. The molecule has 10 heteroatoms. The highest BCUT2D eigenvalue weighted by Crippen LogP contribution is 2.35. The third-order valence-electron chi connectivity index (χ3n) is 6.07. The fourth-order valence-corrected chi connectivity index (χ4v) is 4.64. The fraction of sp³-hybridized carbons (Fsp3) is 0.231. The molecule has 8 nitrogen and oxygen atoms in total. The highest BCUT2D eigenvalue weighted by Gasteiger charge is 2.25. The van der Waals surface area contributed by atoms with E-state index >= 15 is 0 Å². The van der Waals surface area contributed by atoms with E-state index in [0.29, 0.717) is 38.7 Å². The van der Waals surface area contributed by atoms with Gasteiger partial charge in [0.1, 0.15) is 12.4 Å². The Labute approximate surface area is 220 Å². The van der Waals surface area contributed by atoms with Crippen molar-refractivity contribution in [1.29, 1.82) is 0 Å². The molecular formula is C26H27Cl2N6O2+. The lowest BCUT2D eigenvalue weighted by atomic mass is 9.92. The van der Waals surface area contributed by atoms with Crippen LogP contribution in [0, 0.1) is 0 Å². The Bertz CT molecular complexity index is 1410. The Kier molecular flexibility index (Phi) is 6.93. The van der Waals surface area contributed by atoms with Crippen LogP contribution in [-0.4, -0.2) is 50.9 Å². The number of aliphatic imine (C=N–C) groups is 2. The van der Waals surface area contributed by atoms with Gasteiger partial charge in [-0.1, -0.05) is 23.2 Å². The lowest BCUT2D eigenvalue weighted by Crippen LogP contribution is -2.34. The second kappa shape index (κ2) is 9.79. The molecule has 0 fully saturated rings. The Hall–Kier alpha value is -3.62. The van der Waals surface area contributed by atoms with Crippen molar-refractivity contribution < 1.29 is 14.5 Å².